The molecule has 0 saturated carbocycles. The third kappa shape index (κ3) is 2.94. The zero-order valence-corrected chi connectivity index (χ0v) is 12.9. The number of aryl methyl sites for hydroxylation is 1. The van der Waals surface area contributed by atoms with Crippen LogP contribution < -0.4 is 5.73 Å². The van der Waals surface area contributed by atoms with E-state index in [9.17, 15) is 4.39 Å². The number of hydrogen-bond donors (Lipinski definition) is 1. The van der Waals surface area contributed by atoms with Gasteiger partial charge < -0.3 is 5.73 Å². The van der Waals surface area contributed by atoms with Crippen molar-refractivity contribution in [2.24, 2.45) is 5.73 Å². The summed E-state index contributed by atoms with van der Waals surface area (Å²) in [6, 6.07) is 6.81. The Morgan fingerprint density at radius 1 is 1.50 bits per heavy atom. The van der Waals surface area contributed by atoms with Crippen molar-refractivity contribution >= 4 is 38.9 Å². The molecule has 1 nitrogen and oxygen atoms in total. The van der Waals surface area contributed by atoms with Crippen molar-refractivity contribution in [3.63, 3.8) is 0 Å². The van der Waals surface area contributed by atoms with E-state index in [1.165, 1.54) is 6.07 Å². The quantitative estimate of drug-likeness (QED) is 0.842. The van der Waals surface area contributed by atoms with Crippen LogP contribution in [0.15, 0.2) is 28.1 Å². The van der Waals surface area contributed by atoms with Crippen LogP contribution in [0, 0.1) is 12.7 Å². The van der Waals surface area contributed by atoms with Crippen molar-refractivity contribution in [2.75, 3.05) is 0 Å². The monoisotopic (exact) mass is 347 g/mol. The third-order valence-electron chi connectivity index (χ3n) is 2.71. The molecular formula is C13H12BrClFNS. The van der Waals surface area contributed by atoms with E-state index in [4.69, 9.17) is 17.3 Å². The summed E-state index contributed by atoms with van der Waals surface area (Å²) >= 11 is 10.8. The van der Waals surface area contributed by atoms with Gasteiger partial charge in [-0.3, -0.25) is 0 Å². The molecule has 5 heteroatoms. The molecule has 0 amide bonds. The SMILES string of the molecule is Cc1cc(C(N)Cc2cccc(Cl)c2F)sc1Br. The van der Waals surface area contributed by atoms with Crippen LogP contribution in [-0.2, 0) is 6.42 Å². The van der Waals surface area contributed by atoms with E-state index in [1.54, 1.807) is 23.5 Å². The lowest BCUT2D eigenvalue weighted by atomic mass is 10.0. The standard InChI is InChI=1S/C13H12BrClFNS/c1-7-5-11(18-13(7)14)10(17)6-8-3-2-4-9(15)12(8)16/h2-5,10H,6,17H2,1H3. The summed E-state index contributed by atoms with van der Waals surface area (Å²) in [6.45, 7) is 2.01. The Hall–Kier alpha value is -0.420. The second-order valence-electron chi connectivity index (χ2n) is 4.13. The van der Waals surface area contributed by atoms with Crippen LogP contribution in [0.4, 0.5) is 4.39 Å². The molecule has 1 unspecified atom stereocenters. The van der Waals surface area contributed by atoms with E-state index < -0.39 is 0 Å². The molecule has 1 aromatic carbocycles. The number of thiophene rings is 1. The van der Waals surface area contributed by atoms with Gasteiger partial charge >= 0.3 is 0 Å². The lowest BCUT2D eigenvalue weighted by Gasteiger charge is -2.10. The Labute approximate surface area is 123 Å². The van der Waals surface area contributed by atoms with Crippen LogP contribution in [-0.4, -0.2) is 0 Å². The number of halogens is 3. The van der Waals surface area contributed by atoms with Gasteiger partial charge in [0, 0.05) is 10.9 Å². The Kier molecular flexibility index (Phi) is 4.43. The highest BCUT2D eigenvalue weighted by Crippen LogP contribution is 2.32. The Bertz CT molecular complexity index is 551. The summed E-state index contributed by atoms with van der Waals surface area (Å²) < 4.78 is 14.8. The molecule has 18 heavy (non-hydrogen) atoms. The van der Waals surface area contributed by atoms with Gasteiger partial charge in [0.1, 0.15) is 5.82 Å². The summed E-state index contributed by atoms with van der Waals surface area (Å²) in [4.78, 5) is 1.04. The summed E-state index contributed by atoms with van der Waals surface area (Å²) in [5.74, 6) is -0.373. The van der Waals surface area contributed by atoms with Crippen molar-refractivity contribution in [3.05, 3.63) is 54.9 Å². The van der Waals surface area contributed by atoms with Gasteiger partial charge in [-0.1, -0.05) is 23.7 Å². The van der Waals surface area contributed by atoms with Gasteiger partial charge in [-0.25, -0.2) is 4.39 Å². The molecule has 0 radical (unpaired) electrons. The van der Waals surface area contributed by atoms with E-state index in [-0.39, 0.29) is 16.9 Å². The fourth-order valence-electron chi connectivity index (χ4n) is 1.71. The Morgan fingerprint density at radius 3 is 2.83 bits per heavy atom. The molecule has 96 valence electrons. The second kappa shape index (κ2) is 5.70. The minimum absolute atomic E-state index is 0.142. The van der Waals surface area contributed by atoms with E-state index in [2.05, 4.69) is 15.9 Å². The first kappa shape index (κ1) is 14.0. The maximum Gasteiger partial charge on any atom is 0.145 e. The molecule has 0 aliphatic carbocycles. The number of hydrogen-bond acceptors (Lipinski definition) is 2. The van der Waals surface area contributed by atoms with Gasteiger partial charge in [-0.05, 0) is 52.5 Å². The molecule has 2 rings (SSSR count). The van der Waals surface area contributed by atoms with Crippen LogP contribution >= 0.6 is 38.9 Å². The zero-order chi connectivity index (χ0) is 13.3. The molecule has 1 aromatic heterocycles. The molecule has 0 fully saturated rings. The molecule has 0 aliphatic heterocycles. The second-order valence-corrected chi connectivity index (χ2v) is 6.94. The predicted octanol–water partition coefficient (Wildman–Crippen LogP) is 4.85. The van der Waals surface area contributed by atoms with Gasteiger partial charge in [0.15, 0.2) is 0 Å². The first-order valence-corrected chi connectivity index (χ1v) is 7.42. The van der Waals surface area contributed by atoms with Gasteiger partial charge in [-0.2, -0.15) is 0 Å². The average molecular weight is 349 g/mol. The average Bonchev–Trinajstić information content (AvgIpc) is 2.66. The molecule has 1 atom stereocenters. The van der Waals surface area contributed by atoms with Gasteiger partial charge in [0.25, 0.3) is 0 Å². The van der Waals surface area contributed by atoms with Gasteiger partial charge in [0.05, 0.1) is 8.81 Å². The summed E-state index contributed by atoms with van der Waals surface area (Å²) in [7, 11) is 0. The van der Waals surface area contributed by atoms with Crippen LogP contribution in [0.2, 0.25) is 5.02 Å². The smallest absolute Gasteiger partial charge is 0.145 e. The van der Waals surface area contributed by atoms with E-state index in [0.29, 0.717) is 12.0 Å². The van der Waals surface area contributed by atoms with E-state index >= 15 is 0 Å². The van der Waals surface area contributed by atoms with Gasteiger partial charge in [0.2, 0.25) is 0 Å². The molecule has 2 aromatic rings. The van der Waals surface area contributed by atoms with Crippen LogP contribution in [0.25, 0.3) is 0 Å². The fourth-order valence-corrected chi connectivity index (χ4v) is 3.48. The van der Waals surface area contributed by atoms with Gasteiger partial charge in [-0.15, -0.1) is 11.3 Å². The lowest BCUT2D eigenvalue weighted by Crippen LogP contribution is -2.12. The fraction of sp³-hybridized carbons (Fsp3) is 0.231. The molecule has 0 bridgehead atoms. The lowest BCUT2D eigenvalue weighted by molar-refractivity contribution is 0.595. The highest BCUT2D eigenvalue weighted by Gasteiger charge is 2.15. The molecule has 1 heterocycles. The van der Waals surface area contributed by atoms with Crippen LogP contribution in [0.5, 0.6) is 0 Å². The normalized spacial score (nSPS) is 12.7. The van der Waals surface area contributed by atoms with Crippen molar-refractivity contribution in [3.8, 4) is 0 Å². The number of rotatable bonds is 3. The topological polar surface area (TPSA) is 26.0 Å². The molecule has 2 N–H and O–H groups in total. The van der Waals surface area contributed by atoms with Crippen molar-refractivity contribution < 1.29 is 4.39 Å². The number of benzene rings is 1. The number of nitrogens with two attached hydrogens (primary N) is 1. The van der Waals surface area contributed by atoms with Crippen molar-refractivity contribution in [1.29, 1.82) is 0 Å². The summed E-state index contributed by atoms with van der Waals surface area (Å²) in [5, 5.41) is 0.142. The van der Waals surface area contributed by atoms with Crippen LogP contribution in [0.1, 0.15) is 22.0 Å². The minimum Gasteiger partial charge on any atom is -0.323 e. The maximum atomic E-state index is 13.8. The molecular weight excluding hydrogens is 337 g/mol. The molecule has 0 spiro atoms. The summed E-state index contributed by atoms with van der Waals surface area (Å²) in [5.41, 5.74) is 7.81. The third-order valence-corrected chi connectivity index (χ3v) is 5.27. The first-order chi connectivity index (χ1) is 8.49. The van der Waals surface area contributed by atoms with Crippen LogP contribution in [0.3, 0.4) is 0 Å². The largest absolute Gasteiger partial charge is 0.323 e. The Morgan fingerprint density at radius 2 is 2.22 bits per heavy atom. The zero-order valence-electron chi connectivity index (χ0n) is 9.71. The highest BCUT2D eigenvalue weighted by atomic mass is 79.9. The highest BCUT2D eigenvalue weighted by molar-refractivity contribution is 9.11. The van der Waals surface area contributed by atoms with Crippen molar-refractivity contribution in [2.45, 2.75) is 19.4 Å². The first-order valence-electron chi connectivity index (χ1n) is 5.43. The molecule has 0 aliphatic rings. The minimum atomic E-state index is -0.373. The molecule has 0 saturated heterocycles. The maximum absolute atomic E-state index is 13.8. The Balaban J connectivity index is 2.21. The van der Waals surface area contributed by atoms with Crippen molar-refractivity contribution in [1.82, 2.24) is 0 Å². The van der Waals surface area contributed by atoms with E-state index in [1.807, 2.05) is 13.0 Å². The predicted molar refractivity (Wildman–Crippen MR) is 78.8 cm³/mol. The van der Waals surface area contributed by atoms with E-state index in [0.717, 1.165) is 14.2 Å². The summed E-state index contributed by atoms with van der Waals surface area (Å²) in [6.07, 6.45) is 0.443.